The molecule has 1 fully saturated rings. The van der Waals surface area contributed by atoms with Crippen molar-refractivity contribution in [3.05, 3.63) is 47.2 Å². The Morgan fingerprint density at radius 1 is 1.21 bits per heavy atom. The van der Waals surface area contributed by atoms with Gasteiger partial charge in [-0.15, -0.1) is 6.42 Å². The molecule has 1 saturated heterocycles. The summed E-state index contributed by atoms with van der Waals surface area (Å²) in [6, 6.07) is 3.03. The summed E-state index contributed by atoms with van der Waals surface area (Å²) in [6.07, 6.45) is 18.6. The second-order valence-electron chi connectivity index (χ2n) is 5.14. The van der Waals surface area contributed by atoms with Gasteiger partial charge < -0.3 is 24.8 Å². The van der Waals surface area contributed by atoms with Gasteiger partial charge in [-0.25, -0.2) is 23.4 Å². The second-order valence-corrected chi connectivity index (χ2v) is 9.80. The quantitative estimate of drug-likeness (QED) is 0.374. The third-order valence-electron chi connectivity index (χ3n) is 3.65. The van der Waals surface area contributed by atoms with E-state index < -0.39 is 8.07 Å². The maximum Gasteiger partial charge on any atom is 4.00 e. The van der Waals surface area contributed by atoms with Crippen LogP contribution in [0.5, 0.6) is 0 Å². The van der Waals surface area contributed by atoms with Crippen molar-refractivity contribution in [2.24, 2.45) is 0 Å². The van der Waals surface area contributed by atoms with E-state index in [2.05, 4.69) is 37.8 Å². The van der Waals surface area contributed by atoms with Gasteiger partial charge in [0.15, 0.2) is 0 Å². The van der Waals surface area contributed by atoms with Gasteiger partial charge in [0.25, 0.3) is 0 Å². The minimum Gasteiger partial charge on any atom is -1.00 e. The maximum atomic E-state index is 3.54. The van der Waals surface area contributed by atoms with E-state index in [1.54, 1.807) is 5.20 Å². The van der Waals surface area contributed by atoms with Crippen molar-refractivity contribution in [3.63, 3.8) is 0 Å². The first kappa shape index (κ1) is 21.9. The summed E-state index contributed by atoms with van der Waals surface area (Å²) >= 11 is 0. The van der Waals surface area contributed by atoms with E-state index >= 15 is 0 Å². The van der Waals surface area contributed by atoms with E-state index in [9.17, 15) is 0 Å². The Kier molecular flexibility index (Phi) is 12.0. The molecule has 1 aliphatic heterocycles. The Labute approximate surface area is 150 Å². The van der Waals surface area contributed by atoms with Gasteiger partial charge in [-0.3, -0.25) is 12.2 Å². The monoisotopic (exact) mass is 388 g/mol. The molecule has 3 rings (SSSR count). The van der Waals surface area contributed by atoms with Crippen LogP contribution in [-0.2, 0) is 26.2 Å². The average molecular weight is 391 g/mol. The summed E-state index contributed by atoms with van der Waals surface area (Å²) in [7, 11) is -0.876. The third-order valence-corrected chi connectivity index (χ3v) is 8.20. The van der Waals surface area contributed by atoms with E-state index in [-0.39, 0.29) is 51.0 Å². The van der Waals surface area contributed by atoms with Gasteiger partial charge in [0, 0.05) is 8.07 Å². The zero-order chi connectivity index (χ0) is 11.4. The molecule has 0 atom stereocenters. The topological polar surface area (TPSA) is 0 Å². The van der Waals surface area contributed by atoms with Gasteiger partial charge in [0.05, 0.1) is 0 Å². The molecule has 19 heavy (non-hydrogen) atoms. The van der Waals surface area contributed by atoms with Crippen molar-refractivity contribution in [3.8, 4) is 0 Å². The normalized spacial score (nSPS) is 20.5. The first-order valence-electron chi connectivity index (χ1n) is 6.22. The van der Waals surface area contributed by atoms with E-state index in [0.717, 1.165) is 6.42 Å². The molecule has 0 nitrogen and oxygen atoms in total. The number of hydrogen-bond acceptors (Lipinski definition) is 0. The molecule has 4 heteroatoms. The molecule has 2 aliphatic carbocycles. The van der Waals surface area contributed by atoms with Crippen molar-refractivity contribution < 1.29 is 51.0 Å². The molecule has 0 amide bonds. The van der Waals surface area contributed by atoms with E-state index in [4.69, 9.17) is 0 Å². The molecule has 3 aliphatic rings. The van der Waals surface area contributed by atoms with E-state index in [1.165, 1.54) is 30.5 Å². The molecule has 0 aromatic heterocycles. The Morgan fingerprint density at radius 3 is 2.16 bits per heavy atom. The van der Waals surface area contributed by atoms with Crippen LogP contribution in [0.25, 0.3) is 0 Å². The fourth-order valence-electron chi connectivity index (χ4n) is 2.30. The number of halogens is 2. The average Bonchev–Trinajstić information content (AvgIpc) is 2.87. The summed E-state index contributed by atoms with van der Waals surface area (Å²) in [5.41, 5.74) is 1.45. The van der Waals surface area contributed by atoms with Gasteiger partial charge in [-0.1, -0.05) is 38.4 Å². The van der Waals surface area contributed by atoms with Crippen LogP contribution in [0.3, 0.4) is 0 Å². The molecular weight excluding hydrogens is 370 g/mol. The van der Waals surface area contributed by atoms with Crippen LogP contribution in [0.15, 0.2) is 35.1 Å². The molecule has 102 valence electrons. The molecule has 0 aromatic rings. The van der Waals surface area contributed by atoms with Gasteiger partial charge >= 0.3 is 26.2 Å². The van der Waals surface area contributed by atoms with Gasteiger partial charge in [0.2, 0.25) is 0 Å². The summed E-state index contributed by atoms with van der Waals surface area (Å²) < 4.78 is 0. The Bertz CT molecular complexity index is 370. The van der Waals surface area contributed by atoms with Crippen LogP contribution in [-0.4, -0.2) is 8.07 Å². The van der Waals surface area contributed by atoms with Crippen LogP contribution in [0, 0.1) is 12.2 Å². The van der Waals surface area contributed by atoms with E-state index in [1.807, 2.05) is 12.2 Å². The summed E-state index contributed by atoms with van der Waals surface area (Å²) in [5.74, 6) is 0. The second kappa shape index (κ2) is 10.4. The molecule has 0 bridgehead atoms. The van der Waals surface area contributed by atoms with Crippen molar-refractivity contribution >= 4 is 8.07 Å². The van der Waals surface area contributed by atoms with Crippen LogP contribution in [0.4, 0.5) is 0 Å². The van der Waals surface area contributed by atoms with Gasteiger partial charge in [-0.2, -0.15) is 11.6 Å². The molecule has 0 N–H and O–H groups in total. The Hall–Kier alpha value is 0.640. The van der Waals surface area contributed by atoms with Crippen molar-refractivity contribution in [2.75, 3.05) is 0 Å². The fourth-order valence-corrected chi connectivity index (χ4v) is 5.36. The molecular formula is C15H20Cl2SiZr. The molecule has 0 radical (unpaired) electrons. The van der Waals surface area contributed by atoms with Crippen LogP contribution < -0.4 is 24.8 Å². The first-order valence-corrected chi connectivity index (χ1v) is 9.14. The minimum atomic E-state index is -0.876. The fraction of sp³-hybridized carbons (Fsp3) is 0.467. The van der Waals surface area contributed by atoms with Gasteiger partial charge in [0.1, 0.15) is 0 Å². The number of rotatable bonds is 1. The van der Waals surface area contributed by atoms with Crippen molar-refractivity contribution in [1.29, 1.82) is 0 Å². The molecule has 0 unspecified atom stereocenters. The summed E-state index contributed by atoms with van der Waals surface area (Å²) in [4.78, 5) is 0. The largest absolute Gasteiger partial charge is 4.00 e. The predicted octanol–water partition coefficient (Wildman–Crippen LogP) is -1.60. The predicted molar refractivity (Wildman–Crippen MR) is 72.5 cm³/mol. The summed E-state index contributed by atoms with van der Waals surface area (Å²) in [5, 5.41) is 1.63. The Balaban J connectivity index is 0. The first-order chi connectivity index (χ1) is 7.71. The SMILES string of the molecule is CC1=[C-]C([Si]2(C)CCC2)=CC1.[C-]1=CC=CC1.[Cl-].[Cl-].[Zr+4]. The van der Waals surface area contributed by atoms with Gasteiger partial charge in [-0.05, 0) is 0 Å². The third kappa shape index (κ3) is 6.29. The van der Waals surface area contributed by atoms with Crippen molar-refractivity contribution in [2.45, 2.75) is 44.8 Å². The smallest absolute Gasteiger partial charge is 1.00 e. The minimum absolute atomic E-state index is 0. The zero-order valence-electron chi connectivity index (χ0n) is 11.6. The Morgan fingerprint density at radius 2 is 1.89 bits per heavy atom. The molecule has 0 spiro atoms. The maximum absolute atomic E-state index is 3.54. The molecule has 0 saturated carbocycles. The van der Waals surface area contributed by atoms with E-state index in [0.29, 0.717) is 0 Å². The zero-order valence-corrected chi connectivity index (χ0v) is 16.6. The summed E-state index contributed by atoms with van der Waals surface area (Å²) in [6.45, 7) is 4.70. The molecule has 1 heterocycles. The number of hydrogen-bond donors (Lipinski definition) is 0. The van der Waals surface area contributed by atoms with Crippen LogP contribution in [0.2, 0.25) is 18.6 Å². The number of allylic oxidation sites excluding steroid dienone is 8. The van der Waals surface area contributed by atoms with Crippen LogP contribution in [0.1, 0.15) is 26.2 Å². The van der Waals surface area contributed by atoms with Crippen molar-refractivity contribution in [1.82, 2.24) is 0 Å². The standard InChI is InChI=1S/C10H15Si.C5H5.2ClH.Zr/c1-9-4-5-10(8-9)11(2)6-3-7-11;1-2-4-5-3-1;;;/h5H,3-4,6-7H2,1-2H3;1-3H,4H2;2*1H;/q2*-1;;;+4/p-2. The molecule has 0 aromatic carbocycles. The van der Waals surface area contributed by atoms with Crippen LogP contribution >= 0.6 is 0 Å².